The maximum Gasteiger partial charge on any atom is 0.224 e. The van der Waals surface area contributed by atoms with E-state index in [0.29, 0.717) is 25.6 Å². The minimum atomic E-state index is -0.351. The Kier molecular flexibility index (Phi) is 11.5. The topological polar surface area (TPSA) is 58.4 Å². The number of likely N-dealkylation sites (tertiary alicyclic amines) is 1. The van der Waals surface area contributed by atoms with Gasteiger partial charge in [0.25, 0.3) is 0 Å². The summed E-state index contributed by atoms with van der Waals surface area (Å²) in [5, 5.41) is 3.19. The van der Waals surface area contributed by atoms with Gasteiger partial charge in [0.2, 0.25) is 5.91 Å². The molecule has 1 aliphatic heterocycles. The van der Waals surface area contributed by atoms with Gasteiger partial charge in [-0.15, -0.1) is 24.8 Å². The minimum absolute atomic E-state index is 0. The fourth-order valence-corrected chi connectivity index (χ4v) is 3.79. The summed E-state index contributed by atoms with van der Waals surface area (Å²) >= 11 is 0. The molecule has 0 bridgehead atoms. The van der Waals surface area contributed by atoms with Gasteiger partial charge in [0.15, 0.2) is 0 Å². The van der Waals surface area contributed by atoms with Crippen molar-refractivity contribution in [2.45, 2.75) is 52.1 Å². The number of rotatable bonds is 7. The highest BCUT2D eigenvalue weighted by Gasteiger charge is 2.31. The number of hydrogen-bond acceptors (Lipinski definition) is 3. The zero-order valence-electron chi connectivity index (χ0n) is 16.5. The lowest BCUT2D eigenvalue weighted by Gasteiger charge is -2.36. The number of hydrogen-bond donors (Lipinski definition) is 2. The quantitative estimate of drug-likeness (QED) is 0.704. The maximum atomic E-state index is 13.4. The van der Waals surface area contributed by atoms with Crippen molar-refractivity contribution in [1.82, 2.24) is 10.2 Å². The first-order chi connectivity index (χ1) is 11.8. The van der Waals surface area contributed by atoms with Crippen LogP contribution < -0.4 is 11.1 Å². The van der Waals surface area contributed by atoms with Crippen LogP contribution in [0.1, 0.15) is 45.6 Å². The lowest BCUT2D eigenvalue weighted by atomic mass is 9.89. The first-order valence-electron chi connectivity index (χ1n) is 9.30. The van der Waals surface area contributed by atoms with Crippen molar-refractivity contribution in [2.75, 3.05) is 19.6 Å². The number of halogens is 3. The predicted molar refractivity (Wildman–Crippen MR) is 114 cm³/mol. The Bertz CT molecular complexity index is 588. The molecule has 0 aliphatic carbocycles. The smallest absolute Gasteiger partial charge is 0.224 e. The van der Waals surface area contributed by atoms with Gasteiger partial charge >= 0.3 is 0 Å². The van der Waals surface area contributed by atoms with Gasteiger partial charge in [0.05, 0.1) is 5.92 Å². The van der Waals surface area contributed by atoms with Crippen molar-refractivity contribution in [3.8, 4) is 0 Å². The molecule has 1 aliphatic rings. The lowest BCUT2D eigenvalue weighted by Crippen LogP contribution is -2.55. The van der Waals surface area contributed by atoms with E-state index < -0.39 is 0 Å². The Labute approximate surface area is 175 Å². The van der Waals surface area contributed by atoms with E-state index in [0.717, 1.165) is 31.4 Å². The van der Waals surface area contributed by atoms with E-state index in [1.807, 2.05) is 13.0 Å². The van der Waals surface area contributed by atoms with Crippen LogP contribution in [0.25, 0.3) is 0 Å². The molecular formula is C20H34Cl2FN3O. The molecule has 0 spiro atoms. The zero-order chi connectivity index (χ0) is 18.4. The summed E-state index contributed by atoms with van der Waals surface area (Å²) in [7, 11) is 0. The van der Waals surface area contributed by atoms with E-state index in [1.54, 1.807) is 12.1 Å². The normalized spacial score (nSPS) is 19.6. The minimum Gasteiger partial charge on any atom is -0.349 e. The number of nitrogens with zero attached hydrogens (tertiary/aromatic N) is 1. The van der Waals surface area contributed by atoms with Crippen LogP contribution in [-0.2, 0) is 11.3 Å². The number of nitrogens with one attached hydrogen (secondary N) is 1. The van der Waals surface area contributed by atoms with Gasteiger partial charge in [-0.25, -0.2) is 4.39 Å². The first-order valence-corrected chi connectivity index (χ1v) is 9.30. The molecule has 1 heterocycles. The third kappa shape index (κ3) is 8.34. The number of carbonyl (C=O) groups is 1. The Morgan fingerprint density at radius 3 is 2.70 bits per heavy atom. The number of amides is 1. The summed E-state index contributed by atoms with van der Waals surface area (Å²) in [6.07, 6.45) is 2.75. The van der Waals surface area contributed by atoms with E-state index in [-0.39, 0.29) is 48.0 Å². The van der Waals surface area contributed by atoms with Crippen LogP contribution in [0.5, 0.6) is 0 Å². The molecule has 0 saturated carbocycles. The molecule has 0 radical (unpaired) electrons. The van der Waals surface area contributed by atoms with Gasteiger partial charge in [-0.2, -0.15) is 0 Å². The molecule has 4 nitrogen and oxygen atoms in total. The molecule has 2 unspecified atom stereocenters. The molecule has 3 N–H and O–H groups in total. The molecule has 1 saturated heterocycles. The molecule has 27 heavy (non-hydrogen) atoms. The third-order valence-electron chi connectivity index (χ3n) is 4.91. The van der Waals surface area contributed by atoms with Crippen molar-refractivity contribution in [3.05, 3.63) is 35.6 Å². The molecule has 1 fully saturated rings. The zero-order valence-corrected chi connectivity index (χ0v) is 18.2. The van der Waals surface area contributed by atoms with E-state index in [2.05, 4.69) is 24.1 Å². The summed E-state index contributed by atoms with van der Waals surface area (Å²) < 4.78 is 13.4. The van der Waals surface area contributed by atoms with E-state index in [4.69, 9.17) is 5.73 Å². The highest BCUT2D eigenvalue weighted by molar-refractivity contribution is 5.85. The van der Waals surface area contributed by atoms with Gasteiger partial charge in [-0.1, -0.05) is 26.0 Å². The van der Waals surface area contributed by atoms with E-state index in [1.165, 1.54) is 6.07 Å². The number of benzene rings is 1. The second-order valence-corrected chi connectivity index (χ2v) is 8.06. The van der Waals surface area contributed by atoms with E-state index >= 15 is 0 Å². The molecule has 1 aromatic carbocycles. The van der Waals surface area contributed by atoms with Crippen molar-refractivity contribution < 1.29 is 9.18 Å². The van der Waals surface area contributed by atoms with Crippen LogP contribution in [0.15, 0.2) is 24.3 Å². The molecule has 156 valence electrons. The molecule has 1 aromatic rings. The Morgan fingerprint density at radius 1 is 1.41 bits per heavy atom. The highest BCUT2D eigenvalue weighted by Crippen LogP contribution is 2.22. The number of carbonyl (C=O) groups excluding carboxylic acids is 1. The fraction of sp³-hybridized carbons (Fsp3) is 0.650. The van der Waals surface area contributed by atoms with Crippen molar-refractivity contribution >= 4 is 30.7 Å². The average molecular weight is 422 g/mol. The van der Waals surface area contributed by atoms with Crippen LogP contribution in [0.3, 0.4) is 0 Å². The maximum absolute atomic E-state index is 13.4. The van der Waals surface area contributed by atoms with Crippen LogP contribution >= 0.6 is 24.8 Å². The lowest BCUT2D eigenvalue weighted by molar-refractivity contribution is -0.128. The summed E-state index contributed by atoms with van der Waals surface area (Å²) in [5.41, 5.74) is 6.52. The molecule has 1 amide bonds. The second-order valence-electron chi connectivity index (χ2n) is 8.06. The van der Waals surface area contributed by atoms with E-state index in [9.17, 15) is 9.18 Å². The Balaban J connectivity index is 0.00000338. The van der Waals surface area contributed by atoms with Crippen LogP contribution in [0.2, 0.25) is 0 Å². The van der Waals surface area contributed by atoms with Crippen molar-refractivity contribution in [3.63, 3.8) is 0 Å². The monoisotopic (exact) mass is 421 g/mol. The van der Waals surface area contributed by atoms with Gasteiger partial charge in [0, 0.05) is 25.2 Å². The van der Waals surface area contributed by atoms with Gasteiger partial charge in [-0.3, -0.25) is 9.69 Å². The molecular weight excluding hydrogens is 388 g/mol. The van der Waals surface area contributed by atoms with Gasteiger partial charge in [-0.05, 0) is 56.3 Å². The predicted octanol–water partition coefficient (Wildman–Crippen LogP) is 3.76. The van der Waals surface area contributed by atoms with Crippen LogP contribution in [0, 0.1) is 17.7 Å². The largest absolute Gasteiger partial charge is 0.349 e. The SMILES string of the molecule is CC(C)CC(C)(CN)NC(=O)C1CCCN(Cc2cccc(F)c2)C1.Cl.Cl. The summed E-state index contributed by atoms with van der Waals surface area (Å²) in [4.78, 5) is 15.0. The molecule has 2 rings (SSSR count). The van der Waals surface area contributed by atoms with Crippen molar-refractivity contribution in [2.24, 2.45) is 17.6 Å². The highest BCUT2D eigenvalue weighted by atomic mass is 35.5. The van der Waals surface area contributed by atoms with Crippen LogP contribution in [0.4, 0.5) is 4.39 Å². The summed E-state index contributed by atoms with van der Waals surface area (Å²) in [6, 6.07) is 6.69. The molecule has 0 aromatic heterocycles. The van der Waals surface area contributed by atoms with Crippen LogP contribution in [-0.4, -0.2) is 36.0 Å². The van der Waals surface area contributed by atoms with Gasteiger partial charge in [0.1, 0.15) is 5.82 Å². The third-order valence-corrected chi connectivity index (χ3v) is 4.91. The Morgan fingerprint density at radius 2 is 2.11 bits per heavy atom. The average Bonchev–Trinajstić information content (AvgIpc) is 2.54. The standard InChI is InChI=1S/C20H32FN3O.2ClH/c1-15(2)11-20(3,14-22)23-19(25)17-7-5-9-24(13-17)12-16-6-4-8-18(21)10-16;;/h4,6,8,10,15,17H,5,7,9,11-14,22H2,1-3H3,(H,23,25);2*1H. The Hall–Kier alpha value is -0.880. The van der Waals surface area contributed by atoms with Crippen molar-refractivity contribution in [1.29, 1.82) is 0 Å². The fourth-order valence-electron chi connectivity index (χ4n) is 3.79. The first kappa shape index (κ1) is 26.1. The van der Waals surface area contributed by atoms with Gasteiger partial charge < -0.3 is 11.1 Å². The summed E-state index contributed by atoms with van der Waals surface area (Å²) in [5.74, 6) is 0.332. The summed E-state index contributed by atoms with van der Waals surface area (Å²) in [6.45, 7) is 9.09. The second kappa shape index (κ2) is 11.8. The molecule has 7 heteroatoms. The number of piperidine rings is 1. The number of nitrogens with two attached hydrogens (primary N) is 1. The molecule has 2 atom stereocenters.